The molecule has 1 aromatic carbocycles. The summed E-state index contributed by atoms with van der Waals surface area (Å²) in [7, 11) is 1.50. The molecule has 0 saturated carbocycles. The summed E-state index contributed by atoms with van der Waals surface area (Å²) in [5, 5.41) is 2.68. The molecule has 1 rings (SSSR count). The molecule has 1 N–H and O–H groups in total. The van der Waals surface area contributed by atoms with Crippen LogP contribution < -0.4 is 10.1 Å². The second-order valence-corrected chi connectivity index (χ2v) is 4.55. The van der Waals surface area contributed by atoms with E-state index in [0.29, 0.717) is 23.6 Å². The Morgan fingerprint density at radius 3 is 2.76 bits per heavy atom. The molecule has 0 atom stereocenters. The van der Waals surface area contributed by atoms with Gasteiger partial charge in [-0.25, -0.2) is 0 Å². The number of esters is 1. The van der Waals surface area contributed by atoms with Crippen molar-refractivity contribution in [1.29, 1.82) is 0 Å². The Morgan fingerprint density at radius 1 is 1.33 bits per heavy atom. The van der Waals surface area contributed by atoms with Gasteiger partial charge in [0.1, 0.15) is 5.75 Å². The van der Waals surface area contributed by atoms with Crippen molar-refractivity contribution in [3.05, 3.63) is 36.1 Å². The molecule has 0 spiro atoms. The Morgan fingerprint density at radius 2 is 2.10 bits per heavy atom. The molecular weight excluding hydrogens is 270 g/mol. The molecule has 5 nitrogen and oxygen atoms in total. The fraction of sp³-hybridized carbons (Fsp3) is 0.375. The molecule has 1 aromatic rings. The number of hydrogen-bond donors (Lipinski definition) is 1. The summed E-state index contributed by atoms with van der Waals surface area (Å²) in [5.41, 5.74) is 0.556. The number of ether oxygens (including phenoxy) is 2. The van der Waals surface area contributed by atoms with Gasteiger partial charge in [-0.05, 0) is 25.5 Å². The maximum Gasteiger partial charge on any atom is 0.311 e. The van der Waals surface area contributed by atoms with Crippen molar-refractivity contribution in [3.63, 3.8) is 0 Å². The van der Waals surface area contributed by atoms with Crippen LogP contribution in [0.3, 0.4) is 0 Å². The predicted molar refractivity (Wildman–Crippen MR) is 81.0 cm³/mol. The van der Waals surface area contributed by atoms with Crippen molar-refractivity contribution in [3.8, 4) is 5.75 Å². The third-order valence-corrected chi connectivity index (χ3v) is 2.72. The third kappa shape index (κ3) is 6.61. The zero-order valence-electron chi connectivity index (χ0n) is 12.6. The van der Waals surface area contributed by atoms with E-state index >= 15 is 0 Å². The number of benzene rings is 1. The van der Waals surface area contributed by atoms with Crippen LogP contribution >= 0.6 is 0 Å². The summed E-state index contributed by atoms with van der Waals surface area (Å²) in [6, 6.07) is 6.72. The van der Waals surface area contributed by atoms with Crippen molar-refractivity contribution in [2.75, 3.05) is 12.4 Å². The smallest absolute Gasteiger partial charge is 0.311 e. The molecule has 0 unspecified atom stereocenters. The molecule has 0 aliphatic heterocycles. The van der Waals surface area contributed by atoms with E-state index in [0.717, 1.165) is 12.8 Å². The monoisotopic (exact) mass is 291 g/mol. The second kappa shape index (κ2) is 8.79. The fourth-order valence-corrected chi connectivity index (χ4v) is 1.56. The van der Waals surface area contributed by atoms with Crippen LogP contribution in [-0.4, -0.2) is 19.0 Å². The normalized spacial score (nSPS) is 10.9. The molecule has 1 amide bonds. The summed E-state index contributed by atoms with van der Waals surface area (Å²) in [4.78, 5) is 23.2. The molecule has 0 aliphatic carbocycles. The molecule has 0 saturated heterocycles. The highest BCUT2D eigenvalue weighted by atomic mass is 16.5. The Hall–Kier alpha value is -2.30. The molecule has 0 bridgehead atoms. The summed E-state index contributed by atoms with van der Waals surface area (Å²) >= 11 is 0. The lowest BCUT2D eigenvalue weighted by atomic mass is 10.2. The summed E-state index contributed by atoms with van der Waals surface area (Å²) in [5.74, 6) is 0.357. The predicted octanol–water partition coefficient (Wildman–Crippen LogP) is 3.27. The van der Waals surface area contributed by atoms with Gasteiger partial charge in [0.15, 0.2) is 0 Å². The highest BCUT2D eigenvalue weighted by Gasteiger charge is 2.06. The van der Waals surface area contributed by atoms with Crippen molar-refractivity contribution >= 4 is 17.6 Å². The minimum Gasteiger partial charge on any atom is -0.501 e. The Bertz CT molecular complexity index is 523. The minimum absolute atomic E-state index is 0.268. The number of allylic oxidation sites excluding steroid dienone is 1. The van der Waals surface area contributed by atoms with Gasteiger partial charge in [-0.1, -0.05) is 19.4 Å². The molecule has 0 fully saturated rings. The van der Waals surface area contributed by atoms with Gasteiger partial charge < -0.3 is 14.8 Å². The number of rotatable bonds is 7. The number of carbonyl (C=O) groups is 2. The van der Waals surface area contributed by atoms with E-state index in [1.54, 1.807) is 31.2 Å². The van der Waals surface area contributed by atoms with Crippen molar-refractivity contribution in [2.24, 2.45) is 0 Å². The molecule has 21 heavy (non-hydrogen) atoms. The summed E-state index contributed by atoms with van der Waals surface area (Å²) < 4.78 is 10.1. The van der Waals surface area contributed by atoms with E-state index in [-0.39, 0.29) is 11.9 Å². The number of nitrogens with one attached hydrogen (secondary N) is 1. The SMILES string of the molecule is CCCCC(=O)Oc1cccc(NC(=O)C=C(C)OC)c1. The van der Waals surface area contributed by atoms with E-state index in [1.165, 1.54) is 13.2 Å². The van der Waals surface area contributed by atoms with Crippen molar-refractivity contribution in [1.82, 2.24) is 0 Å². The lowest BCUT2D eigenvalue weighted by Gasteiger charge is -2.07. The number of methoxy groups -OCH3 is 1. The molecule has 0 heterocycles. The van der Waals surface area contributed by atoms with E-state index in [1.807, 2.05) is 6.92 Å². The number of unbranched alkanes of at least 4 members (excludes halogenated alkanes) is 1. The number of carbonyl (C=O) groups excluding carboxylic acids is 2. The van der Waals surface area contributed by atoms with Gasteiger partial charge in [-0.2, -0.15) is 0 Å². The van der Waals surface area contributed by atoms with Crippen LogP contribution in [0.4, 0.5) is 5.69 Å². The first kappa shape index (κ1) is 16.8. The number of hydrogen-bond acceptors (Lipinski definition) is 4. The quantitative estimate of drug-likeness (QED) is 0.362. The molecule has 114 valence electrons. The second-order valence-electron chi connectivity index (χ2n) is 4.55. The highest BCUT2D eigenvalue weighted by molar-refractivity contribution is 5.99. The van der Waals surface area contributed by atoms with Gasteiger partial charge in [0.2, 0.25) is 0 Å². The fourth-order valence-electron chi connectivity index (χ4n) is 1.56. The van der Waals surface area contributed by atoms with Crippen LogP contribution in [0.15, 0.2) is 36.1 Å². The van der Waals surface area contributed by atoms with Gasteiger partial charge in [-0.15, -0.1) is 0 Å². The Balaban J connectivity index is 2.64. The van der Waals surface area contributed by atoms with Gasteiger partial charge in [-0.3, -0.25) is 9.59 Å². The summed E-state index contributed by atoms with van der Waals surface area (Å²) in [6.45, 7) is 3.70. The zero-order chi connectivity index (χ0) is 15.7. The Labute approximate surface area is 124 Å². The van der Waals surface area contributed by atoms with Crippen molar-refractivity contribution < 1.29 is 19.1 Å². The largest absolute Gasteiger partial charge is 0.501 e. The molecule has 0 aromatic heterocycles. The molecule has 5 heteroatoms. The van der Waals surface area contributed by atoms with Crippen LogP contribution in [0.25, 0.3) is 0 Å². The average Bonchev–Trinajstić information content (AvgIpc) is 2.45. The van der Waals surface area contributed by atoms with Gasteiger partial charge in [0.25, 0.3) is 5.91 Å². The van der Waals surface area contributed by atoms with Gasteiger partial charge in [0.05, 0.1) is 12.9 Å². The first-order chi connectivity index (χ1) is 10.0. The van der Waals surface area contributed by atoms with Crippen LogP contribution in [-0.2, 0) is 14.3 Å². The molecule has 0 radical (unpaired) electrons. The zero-order valence-corrected chi connectivity index (χ0v) is 12.6. The summed E-state index contributed by atoms with van der Waals surface area (Å²) in [6.07, 6.45) is 3.48. The standard InChI is InChI=1S/C16H21NO4/c1-4-5-9-16(19)21-14-8-6-7-13(11-14)17-15(18)10-12(2)20-3/h6-8,10-11H,4-5,9H2,1-3H3,(H,17,18). The topological polar surface area (TPSA) is 64.6 Å². The van der Waals surface area contributed by atoms with E-state index in [2.05, 4.69) is 5.32 Å². The highest BCUT2D eigenvalue weighted by Crippen LogP contribution is 2.18. The number of anilines is 1. The first-order valence-corrected chi connectivity index (χ1v) is 6.89. The van der Waals surface area contributed by atoms with Crippen LogP contribution in [0.1, 0.15) is 33.1 Å². The molecular formula is C16H21NO4. The van der Waals surface area contributed by atoms with Crippen LogP contribution in [0.2, 0.25) is 0 Å². The van der Waals surface area contributed by atoms with E-state index < -0.39 is 0 Å². The lowest BCUT2D eigenvalue weighted by Crippen LogP contribution is -2.10. The first-order valence-electron chi connectivity index (χ1n) is 6.89. The lowest BCUT2D eigenvalue weighted by molar-refractivity contribution is -0.134. The molecule has 0 aliphatic rings. The van der Waals surface area contributed by atoms with Crippen LogP contribution in [0, 0.1) is 0 Å². The average molecular weight is 291 g/mol. The Kier molecular flexibility index (Phi) is 7.01. The minimum atomic E-state index is -0.302. The maximum atomic E-state index is 11.7. The van der Waals surface area contributed by atoms with Crippen molar-refractivity contribution in [2.45, 2.75) is 33.1 Å². The van der Waals surface area contributed by atoms with E-state index in [4.69, 9.17) is 9.47 Å². The van der Waals surface area contributed by atoms with E-state index in [9.17, 15) is 9.59 Å². The number of amides is 1. The van der Waals surface area contributed by atoms with Gasteiger partial charge in [0, 0.05) is 24.3 Å². The maximum absolute atomic E-state index is 11.7. The third-order valence-electron chi connectivity index (χ3n) is 2.72. The van der Waals surface area contributed by atoms with Crippen LogP contribution in [0.5, 0.6) is 5.75 Å². The van der Waals surface area contributed by atoms with Gasteiger partial charge >= 0.3 is 5.97 Å².